The van der Waals surface area contributed by atoms with Gasteiger partial charge in [-0.2, -0.15) is 0 Å². The third kappa shape index (κ3) is 6.32. The average Bonchev–Trinajstić information content (AvgIpc) is 3.69. The third-order valence-electron chi connectivity index (χ3n) is 8.46. The molecule has 224 valence electrons. The zero-order valence-electron chi connectivity index (χ0n) is 25.0. The quantitative estimate of drug-likeness (QED) is 0.0820. The molecule has 7 heteroatoms. The van der Waals surface area contributed by atoms with Gasteiger partial charge in [0.1, 0.15) is 5.71 Å². The van der Waals surface area contributed by atoms with Gasteiger partial charge in [0.05, 0.1) is 5.56 Å². The number of nitrogens with zero attached hydrogens (tertiary/aromatic N) is 2. The lowest BCUT2D eigenvalue weighted by atomic mass is 9.94. The summed E-state index contributed by atoms with van der Waals surface area (Å²) in [5.41, 5.74) is 5.36. The second-order valence-electron chi connectivity index (χ2n) is 11.3. The molecular weight excluding hydrogens is 552 g/mol. The van der Waals surface area contributed by atoms with E-state index in [1.807, 2.05) is 67.6 Å². The number of carbonyl (C=O) groups excluding carboxylic acids is 2. The van der Waals surface area contributed by atoms with Gasteiger partial charge in [-0.1, -0.05) is 73.3 Å². The molecule has 0 radical (unpaired) electrons. The lowest BCUT2D eigenvalue weighted by molar-refractivity contribution is 0.0696. The molecule has 4 aromatic carbocycles. The summed E-state index contributed by atoms with van der Waals surface area (Å²) in [6.07, 6.45) is 5.01. The van der Waals surface area contributed by atoms with Gasteiger partial charge in [-0.3, -0.25) is 9.59 Å². The van der Waals surface area contributed by atoms with E-state index in [2.05, 4.69) is 16.6 Å². The van der Waals surface area contributed by atoms with Crippen molar-refractivity contribution in [2.24, 2.45) is 11.1 Å². The molecule has 1 saturated carbocycles. The topological polar surface area (TPSA) is 109 Å². The van der Waals surface area contributed by atoms with E-state index in [1.165, 1.54) is 12.8 Å². The molecule has 0 saturated heterocycles. The van der Waals surface area contributed by atoms with E-state index < -0.39 is 5.97 Å². The number of aromatic carboxylic acids is 1. The lowest BCUT2D eigenvalue weighted by Crippen LogP contribution is -2.17. The smallest absolute Gasteiger partial charge is 0.335 e. The van der Waals surface area contributed by atoms with Crippen molar-refractivity contribution >= 4 is 45.1 Å². The fraction of sp³-hybridized carbons (Fsp3) is 0.243. The monoisotopic (exact) mass is 588 g/mol. The first-order valence-corrected chi connectivity index (χ1v) is 15.0. The van der Waals surface area contributed by atoms with Gasteiger partial charge < -0.3 is 14.9 Å². The van der Waals surface area contributed by atoms with Crippen molar-refractivity contribution in [1.29, 1.82) is 0 Å². The minimum atomic E-state index is -0.879. The van der Waals surface area contributed by atoms with Crippen molar-refractivity contribution in [2.75, 3.05) is 0 Å². The molecule has 2 N–H and O–H groups in total. The summed E-state index contributed by atoms with van der Waals surface area (Å²) in [7, 11) is 0. The summed E-state index contributed by atoms with van der Waals surface area (Å²) in [5, 5.41) is 23.2. The van der Waals surface area contributed by atoms with Crippen LogP contribution in [0.25, 0.3) is 21.8 Å². The Hall–Kier alpha value is -5.04. The van der Waals surface area contributed by atoms with E-state index >= 15 is 0 Å². The number of rotatable bonds is 8. The largest absolute Gasteiger partial charge is 0.478 e. The predicted octanol–water partition coefficient (Wildman–Crippen LogP) is 8.33. The number of ketones is 2. The van der Waals surface area contributed by atoms with E-state index in [4.69, 9.17) is 5.11 Å². The highest BCUT2D eigenvalue weighted by Gasteiger charge is 2.24. The number of oxime groups is 1. The molecule has 44 heavy (non-hydrogen) atoms. The second-order valence-corrected chi connectivity index (χ2v) is 11.3. The van der Waals surface area contributed by atoms with Crippen LogP contribution in [0.4, 0.5) is 0 Å². The number of fused-ring (bicyclic) bond motifs is 3. The van der Waals surface area contributed by atoms with E-state index in [0.29, 0.717) is 34.6 Å². The first-order valence-electron chi connectivity index (χ1n) is 15.0. The number of hydrogen-bond donors (Lipinski definition) is 2. The summed E-state index contributed by atoms with van der Waals surface area (Å²) in [6, 6.07) is 27.4. The number of aryl methyl sites for hydroxylation is 2. The van der Waals surface area contributed by atoms with Crippen LogP contribution >= 0.6 is 0 Å². The highest BCUT2D eigenvalue weighted by Crippen LogP contribution is 2.33. The molecule has 1 aliphatic carbocycles. The highest BCUT2D eigenvalue weighted by atomic mass is 16.4. The van der Waals surface area contributed by atoms with Gasteiger partial charge in [0.2, 0.25) is 5.78 Å². The van der Waals surface area contributed by atoms with E-state index in [9.17, 15) is 19.6 Å². The number of Topliss-reactive ketones (excluding diaryl/α,β-unsaturated/α-hetero) is 1. The summed E-state index contributed by atoms with van der Waals surface area (Å²) in [4.78, 5) is 36.8. The second kappa shape index (κ2) is 13.5. The summed E-state index contributed by atoms with van der Waals surface area (Å²) in [5.74, 6) is -0.715. The molecule has 1 aromatic heterocycles. The molecule has 1 heterocycles. The number of carboxylic acid groups (broad SMARTS) is 1. The van der Waals surface area contributed by atoms with Gasteiger partial charge in [-0.15, -0.1) is 0 Å². The standard InChI is InChI=1S/C30H30N2O3.C7H6O2/c1-3-32-27-14-12-21(29(33)23-11-7-4-8-19(23)2)17-24(27)25-18-22(13-15-28(25)32)30(34)26(31-35)16-20-9-5-6-10-20;8-7(9)6-4-2-1-3-5-6/h4,7-8,11-15,17-18,20,35H,3,5-6,9-10,16H2,1-2H3;1-5H,(H,8,9). The first kappa shape index (κ1) is 30.4. The van der Waals surface area contributed by atoms with Gasteiger partial charge in [0.15, 0.2) is 5.78 Å². The Morgan fingerprint density at radius 2 is 1.39 bits per heavy atom. The molecule has 1 aliphatic rings. The fourth-order valence-electron chi connectivity index (χ4n) is 6.12. The van der Waals surface area contributed by atoms with Gasteiger partial charge in [0, 0.05) is 45.0 Å². The summed E-state index contributed by atoms with van der Waals surface area (Å²) in [6.45, 7) is 4.80. The Morgan fingerprint density at radius 1 is 0.795 bits per heavy atom. The van der Waals surface area contributed by atoms with Gasteiger partial charge in [-0.25, -0.2) is 4.79 Å². The number of benzene rings is 4. The van der Waals surface area contributed by atoms with Crippen molar-refractivity contribution in [3.8, 4) is 0 Å². The van der Waals surface area contributed by atoms with E-state index in [0.717, 1.165) is 46.8 Å². The minimum absolute atomic E-state index is 0.0131. The number of carbonyl (C=O) groups is 3. The number of hydrogen-bond acceptors (Lipinski definition) is 5. The Morgan fingerprint density at radius 3 is 1.95 bits per heavy atom. The highest BCUT2D eigenvalue weighted by molar-refractivity contribution is 6.46. The van der Waals surface area contributed by atoms with Crippen molar-refractivity contribution in [1.82, 2.24) is 4.57 Å². The Labute approximate surface area is 256 Å². The molecule has 5 aromatic rings. The Balaban J connectivity index is 0.000000367. The van der Waals surface area contributed by atoms with Crippen LogP contribution < -0.4 is 0 Å². The molecule has 6 rings (SSSR count). The Kier molecular flexibility index (Phi) is 9.34. The van der Waals surface area contributed by atoms with Gasteiger partial charge in [-0.05, 0) is 80.3 Å². The fourth-order valence-corrected chi connectivity index (χ4v) is 6.12. The van der Waals surface area contributed by atoms with E-state index in [1.54, 1.807) is 30.3 Å². The Bertz CT molecular complexity index is 1860. The van der Waals surface area contributed by atoms with Crippen molar-refractivity contribution in [2.45, 2.75) is 52.5 Å². The SMILES string of the molecule is CCn1c2ccc(C(=O)C(CC3CCCC3)=NO)cc2c2cc(C(=O)c3ccccc3C)ccc21.O=C(O)c1ccccc1. The third-order valence-corrected chi connectivity index (χ3v) is 8.46. The van der Waals surface area contributed by atoms with Crippen molar-refractivity contribution in [3.05, 3.63) is 119 Å². The maximum absolute atomic E-state index is 13.3. The van der Waals surface area contributed by atoms with Crippen LogP contribution in [0.3, 0.4) is 0 Å². The van der Waals surface area contributed by atoms with Gasteiger partial charge >= 0.3 is 5.97 Å². The summed E-state index contributed by atoms with van der Waals surface area (Å²) >= 11 is 0. The molecule has 0 unspecified atom stereocenters. The number of aromatic nitrogens is 1. The average molecular weight is 589 g/mol. The maximum Gasteiger partial charge on any atom is 0.335 e. The predicted molar refractivity (Wildman–Crippen MR) is 173 cm³/mol. The van der Waals surface area contributed by atoms with Crippen LogP contribution in [0.5, 0.6) is 0 Å². The molecule has 7 nitrogen and oxygen atoms in total. The van der Waals surface area contributed by atoms with Crippen LogP contribution in [0.1, 0.15) is 81.2 Å². The molecule has 0 aliphatic heterocycles. The van der Waals surface area contributed by atoms with Crippen molar-refractivity contribution in [3.63, 3.8) is 0 Å². The molecule has 0 spiro atoms. The molecule has 0 atom stereocenters. The van der Waals surface area contributed by atoms with Crippen LogP contribution in [-0.4, -0.2) is 38.1 Å². The molecule has 1 fully saturated rings. The van der Waals surface area contributed by atoms with Crippen LogP contribution in [-0.2, 0) is 6.54 Å². The van der Waals surface area contributed by atoms with Crippen LogP contribution in [0.2, 0.25) is 0 Å². The maximum atomic E-state index is 13.3. The lowest BCUT2D eigenvalue weighted by Gasteiger charge is -2.10. The van der Waals surface area contributed by atoms with Gasteiger partial charge in [0.25, 0.3) is 0 Å². The number of carboxylic acids is 1. The molecular formula is C37H36N2O5. The first-order chi connectivity index (χ1) is 21.3. The normalized spacial score (nSPS) is 13.5. The summed E-state index contributed by atoms with van der Waals surface area (Å²) < 4.78 is 2.19. The van der Waals surface area contributed by atoms with Crippen molar-refractivity contribution < 1.29 is 24.7 Å². The molecule has 0 amide bonds. The molecule has 0 bridgehead atoms. The zero-order valence-corrected chi connectivity index (χ0v) is 25.0. The van der Waals surface area contributed by atoms with Crippen LogP contribution in [0, 0.1) is 12.8 Å². The minimum Gasteiger partial charge on any atom is -0.478 e. The van der Waals surface area contributed by atoms with E-state index in [-0.39, 0.29) is 17.3 Å². The zero-order chi connectivity index (χ0) is 31.2. The van der Waals surface area contributed by atoms with Crippen LogP contribution in [0.15, 0.2) is 96.2 Å².